The predicted molar refractivity (Wildman–Crippen MR) is 99.8 cm³/mol. The van der Waals surface area contributed by atoms with Crippen molar-refractivity contribution in [1.29, 1.82) is 0 Å². The highest BCUT2D eigenvalue weighted by molar-refractivity contribution is 6.31. The number of fused-ring (bicyclic) bond motifs is 3. The summed E-state index contributed by atoms with van der Waals surface area (Å²) in [6.45, 7) is 4.42. The molecule has 7 heteroatoms. The van der Waals surface area contributed by atoms with Crippen molar-refractivity contribution < 1.29 is 19.1 Å². The fourth-order valence-electron chi connectivity index (χ4n) is 3.22. The number of aliphatic imine (C=N–C) groups is 1. The first-order valence-corrected chi connectivity index (χ1v) is 9.10. The Labute approximate surface area is 156 Å². The summed E-state index contributed by atoms with van der Waals surface area (Å²) >= 11 is 6.12. The first kappa shape index (κ1) is 18.5. The minimum Gasteiger partial charge on any atom is -0.465 e. The molecule has 1 aliphatic heterocycles. The van der Waals surface area contributed by atoms with Crippen molar-refractivity contribution in [3.8, 4) is 0 Å². The molecule has 0 bridgehead atoms. The van der Waals surface area contributed by atoms with E-state index in [2.05, 4.69) is 9.98 Å². The number of nitrogens with one attached hydrogen (secondary N) is 1. The van der Waals surface area contributed by atoms with E-state index >= 15 is 0 Å². The van der Waals surface area contributed by atoms with Crippen molar-refractivity contribution in [3.05, 3.63) is 34.5 Å². The van der Waals surface area contributed by atoms with Gasteiger partial charge in [0.05, 0.1) is 24.6 Å². The van der Waals surface area contributed by atoms with Gasteiger partial charge >= 0.3 is 11.9 Å². The van der Waals surface area contributed by atoms with Crippen molar-refractivity contribution >= 4 is 40.2 Å². The van der Waals surface area contributed by atoms with Crippen LogP contribution in [0.25, 0.3) is 10.9 Å². The van der Waals surface area contributed by atoms with Gasteiger partial charge in [-0.2, -0.15) is 0 Å². The molecule has 0 fully saturated rings. The summed E-state index contributed by atoms with van der Waals surface area (Å²) < 4.78 is 10.1. The lowest BCUT2D eigenvalue weighted by atomic mass is 9.95. The second-order valence-corrected chi connectivity index (χ2v) is 6.44. The highest BCUT2D eigenvalue weighted by atomic mass is 35.5. The molecule has 1 aliphatic rings. The third kappa shape index (κ3) is 3.60. The van der Waals surface area contributed by atoms with E-state index in [9.17, 15) is 9.59 Å². The molecular weight excluding hydrogens is 356 g/mol. The Balaban J connectivity index is 1.94. The summed E-state index contributed by atoms with van der Waals surface area (Å²) in [5.74, 6) is -2.19. The largest absolute Gasteiger partial charge is 0.465 e. The van der Waals surface area contributed by atoms with Crippen molar-refractivity contribution in [1.82, 2.24) is 4.98 Å². The Morgan fingerprint density at radius 2 is 1.92 bits per heavy atom. The van der Waals surface area contributed by atoms with Gasteiger partial charge in [0.25, 0.3) is 0 Å². The SMILES string of the molecule is CCOC(=O)C(CC1=NCCc2c1[nH]c1ccc(Cl)cc21)C(=O)OCC. The molecule has 2 heterocycles. The number of aromatic nitrogens is 1. The molecule has 0 atom stereocenters. The molecule has 3 rings (SSSR count). The fourth-order valence-corrected chi connectivity index (χ4v) is 3.39. The molecule has 6 nitrogen and oxygen atoms in total. The van der Waals surface area contributed by atoms with Gasteiger partial charge in [0, 0.05) is 28.9 Å². The second kappa shape index (κ2) is 7.91. The van der Waals surface area contributed by atoms with Crippen LogP contribution in [0, 0.1) is 5.92 Å². The quantitative estimate of drug-likeness (QED) is 0.619. The van der Waals surface area contributed by atoms with Crippen LogP contribution >= 0.6 is 11.6 Å². The van der Waals surface area contributed by atoms with E-state index in [1.165, 1.54) is 0 Å². The maximum absolute atomic E-state index is 12.3. The maximum Gasteiger partial charge on any atom is 0.320 e. The van der Waals surface area contributed by atoms with Gasteiger partial charge in [-0.3, -0.25) is 14.6 Å². The fraction of sp³-hybridized carbons (Fsp3) is 0.421. The summed E-state index contributed by atoms with van der Waals surface area (Å²) in [5.41, 5.74) is 3.61. The second-order valence-electron chi connectivity index (χ2n) is 6.01. The number of hydrogen-bond acceptors (Lipinski definition) is 5. The molecule has 0 aliphatic carbocycles. The topological polar surface area (TPSA) is 80.8 Å². The van der Waals surface area contributed by atoms with E-state index in [4.69, 9.17) is 21.1 Å². The van der Waals surface area contributed by atoms with Gasteiger partial charge in [-0.05, 0) is 44.0 Å². The minimum atomic E-state index is -1.02. The third-order valence-electron chi connectivity index (χ3n) is 4.36. The lowest BCUT2D eigenvalue weighted by Crippen LogP contribution is -2.31. The monoisotopic (exact) mass is 376 g/mol. The molecule has 0 unspecified atom stereocenters. The van der Waals surface area contributed by atoms with Crippen LogP contribution in [0.2, 0.25) is 5.02 Å². The number of ether oxygens (including phenoxy) is 2. The molecule has 0 radical (unpaired) electrons. The van der Waals surface area contributed by atoms with E-state index < -0.39 is 17.9 Å². The zero-order valence-electron chi connectivity index (χ0n) is 14.8. The van der Waals surface area contributed by atoms with Gasteiger partial charge in [0.2, 0.25) is 0 Å². The van der Waals surface area contributed by atoms with E-state index in [0.717, 1.165) is 28.6 Å². The first-order valence-electron chi connectivity index (χ1n) is 8.72. The zero-order valence-corrected chi connectivity index (χ0v) is 15.6. The maximum atomic E-state index is 12.3. The molecule has 2 aromatic rings. The highest BCUT2D eigenvalue weighted by Crippen LogP contribution is 2.30. The van der Waals surface area contributed by atoms with E-state index in [1.807, 2.05) is 18.2 Å². The predicted octanol–water partition coefficient (Wildman–Crippen LogP) is 3.30. The highest BCUT2D eigenvalue weighted by Gasteiger charge is 2.33. The zero-order chi connectivity index (χ0) is 18.7. The number of hydrogen-bond donors (Lipinski definition) is 1. The van der Waals surface area contributed by atoms with Gasteiger partial charge in [-0.1, -0.05) is 11.6 Å². The molecule has 1 N–H and O–H groups in total. The molecular formula is C19H21ClN2O4. The van der Waals surface area contributed by atoms with Crippen LogP contribution in [-0.2, 0) is 25.5 Å². The number of carbonyl (C=O) groups is 2. The van der Waals surface area contributed by atoms with Crippen LogP contribution in [0.4, 0.5) is 0 Å². The van der Waals surface area contributed by atoms with Crippen LogP contribution in [0.15, 0.2) is 23.2 Å². The standard InChI is InChI=1S/C19H21ClN2O4/c1-3-25-18(23)14(19(24)26-4-2)10-16-17-12(7-8-21-16)13-9-11(20)5-6-15(13)22-17/h5-6,9,14,22H,3-4,7-8,10H2,1-2H3. The summed E-state index contributed by atoms with van der Waals surface area (Å²) in [6, 6.07) is 5.66. The van der Waals surface area contributed by atoms with Crippen molar-refractivity contribution in [2.24, 2.45) is 10.9 Å². The van der Waals surface area contributed by atoms with Crippen LogP contribution in [-0.4, -0.2) is 42.4 Å². The van der Waals surface area contributed by atoms with Gasteiger partial charge in [0.1, 0.15) is 0 Å². The van der Waals surface area contributed by atoms with Gasteiger partial charge in [-0.25, -0.2) is 0 Å². The molecule has 0 saturated carbocycles. The Hall–Kier alpha value is -2.34. The van der Waals surface area contributed by atoms with Gasteiger partial charge in [-0.15, -0.1) is 0 Å². The molecule has 0 spiro atoms. The number of nitrogens with zero attached hydrogens (tertiary/aromatic N) is 1. The summed E-state index contributed by atoms with van der Waals surface area (Å²) in [5, 5.41) is 1.71. The molecule has 0 saturated heterocycles. The molecule has 1 aromatic heterocycles. The van der Waals surface area contributed by atoms with Crippen LogP contribution in [0.5, 0.6) is 0 Å². The van der Waals surface area contributed by atoms with E-state index in [1.54, 1.807) is 13.8 Å². The number of benzene rings is 1. The van der Waals surface area contributed by atoms with Crippen molar-refractivity contribution in [2.45, 2.75) is 26.7 Å². The smallest absolute Gasteiger partial charge is 0.320 e. The third-order valence-corrected chi connectivity index (χ3v) is 4.60. The average Bonchev–Trinajstić information content (AvgIpc) is 2.98. The van der Waals surface area contributed by atoms with Crippen LogP contribution in [0.3, 0.4) is 0 Å². The van der Waals surface area contributed by atoms with Crippen molar-refractivity contribution in [2.75, 3.05) is 19.8 Å². The van der Waals surface area contributed by atoms with Crippen LogP contribution in [0.1, 0.15) is 31.5 Å². The summed E-state index contributed by atoms with van der Waals surface area (Å²) in [4.78, 5) is 32.4. The Morgan fingerprint density at radius 1 is 1.23 bits per heavy atom. The van der Waals surface area contributed by atoms with Gasteiger partial charge in [0.15, 0.2) is 5.92 Å². The lowest BCUT2D eigenvalue weighted by Gasteiger charge is -2.18. The number of carbonyl (C=O) groups excluding carboxylic acids is 2. The Bertz CT molecular complexity index is 854. The molecule has 26 heavy (non-hydrogen) atoms. The van der Waals surface area contributed by atoms with E-state index in [0.29, 0.717) is 17.3 Å². The summed E-state index contributed by atoms with van der Waals surface area (Å²) in [7, 11) is 0. The number of esters is 2. The number of halogens is 1. The normalized spacial score (nSPS) is 13.5. The molecule has 1 aromatic carbocycles. The molecule has 138 valence electrons. The number of rotatable bonds is 6. The van der Waals surface area contributed by atoms with Gasteiger partial charge < -0.3 is 14.5 Å². The van der Waals surface area contributed by atoms with Crippen LogP contribution < -0.4 is 0 Å². The number of aromatic amines is 1. The lowest BCUT2D eigenvalue weighted by molar-refractivity contribution is -0.161. The van der Waals surface area contributed by atoms with E-state index in [-0.39, 0.29) is 19.6 Å². The number of H-pyrrole nitrogens is 1. The Kier molecular flexibility index (Phi) is 5.61. The first-order chi connectivity index (χ1) is 12.5. The Morgan fingerprint density at radius 3 is 2.58 bits per heavy atom. The van der Waals surface area contributed by atoms with Crippen molar-refractivity contribution in [3.63, 3.8) is 0 Å². The minimum absolute atomic E-state index is 0.144. The molecule has 0 amide bonds. The summed E-state index contributed by atoms with van der Waals surface area (Å²) in [6.07, 6.45) is 0.924. The average molecular weight is 377 g/mol.